The van der Waals surface area contributed by atoms with Crippen LogP contribution in [-0.2, 0) is 4.74 Å². The Morgan fingerprint density at radius 1 is 1.17 bits per heavy atom. The van der Waals surface area contributed by atoms with Gasteiger partial charge in [-0.05, 0) is 43.7 Å². The summed E-state index contributed by atoms with van der Waals surface area (Å²) in [5.74, 6) is 0.644. The molecule has 1 heterocycles. The first-order valence-electron chi connectivity index (χ1n) is 9.54. The molecule has 0 radical (unpaired) electrons. The van der Waals surface area contributed by atoms with Crippen molar-refractivity contribution in [3.05, 3.63) is 35.9 Å². The molecule has 1 aromatic rings. The zero-order chi connectivity index (χ0) is 17.7. The van der Waals surface area contributed by atoms with Gasteiger partial charge in [-0.15, -0.1) is 0 Å². The van der Waals surface area contributed by atoms with E-state index in [1.807, 2.05) is 30.3 Å². The minimum Gasteiger partial charge on any atom is -0.350 e. The second-order valence-electron chi connectivity index (χ2n) is 7.36. The fourth-order valence-electron chi connectivity index (χ4n) is 3.97. The number of hydrogen-bond donors (Lipinski definition) is 0. The third kappa shape index (κ3) is 3.66. The van der Waals surface area contributed by atoms with Gasteiger partial charge in [0.1, 0.15) is 6.23 Å². The number of carbonyl (C=O) groups excluding carboxylic acids is 1. The molecular weight excluding hydrogens is 298 g/mol. The number of ether oxygens (including phenoxy) is 1. The second kappa shape index (κ2) is 8.15. The van der Waals surface area contributed by atoms with E-state index in [1.165, 1.54) is 0 Å². The Hall–Kier alpha value is -1.35. The molecule has 2 rings (SSSR count). The lowest BCUT2D eigenvalue weighted by molar-refractivity contribution is -0.0652. The third-order valence-electron chi connectivity index (χ3n) is 5.31. The molecule has 0 bridgehead atoms. The molecule has 3 heteroatoms. The normalized spacial score (nSPS) is 23.0. The molecular formula is C21H33NO2. The van der Waals surface area contributed by atoms with Gasteiger partial charge in [0.15, 0.2) is 0 Å². The largest absolute Gasteiger partial charge is 0.350 e. The summed E-state index contributed by atoms with van der Waals surface area (Å²) in [5, 5.41) is 0. The van der Waals surface area contributed by atoms with Crippen LogP contribution in [0.4, 0.5) is 0 Å². The second-order valence-corrected chi connectivity index (χ2v) is 7.36. The summed E-state index contributed by atoms with van der Waals surface area (Å²) >= 11 is 0. The first-order valence-corrected chi connectivity index (χ1v) is 9.54. The number of carbonyl (C=O) groups is 1. The van der Waals surface area contributed by atoms with Crippen LogP contribution >= 0.6 is 0 Å². The minimum absolute atomic E-state index is 0.105. The van der Waals surface area contributed by atoms with Crippen LogP contribution in [0, 0.1) is 5.92 Å². The van der Waals surface area contributed by atoms with Crippen molar-refractivity contribution in [2.24, 2.45) is 5.92 Å². The average molecular weight is 332 g/mol. The predicted octanol–water partition coefficient (Wildman–Crippen LogP) is 5.26. The maximum atomic E-state index is 13.3. The summed E-state index contributed by atoms with van der Waals surface area (Å²) in [4.78, 5) is 15.4. The van der Waals surface area contributed by atoms with E-state index in [0.717, 1.165) is 37.7 Å². The van der Waals surface area contributed by atoms with Gasteiger partial charge in [-0.1, -0.05) is 59.2 Å². The van der Waals surface area contributed by atoms with Gasteiger partial charge >= 0.3 is 0 Å². The molecule has 1 aliphatic heterocycles. The maximum Gasteiger partial charge on any atom is 0.256 e. The molecule has 1 saturated heterocycles. The van der Waals surface area contributed by atoms with Crippen LogP contribution < -0.4 is 0 Å². The topological polar surface area (TPSA) is 29.5 Å². The van der Waals surface area contributed by atoms with Crippen LogP contribution in [-0.4, -0.2) is 28.7 Å². The number of benzene rings is 1. The monoisotopic (exact) mass is 331 g/mol. The van der Waals surface area contributed by atoms with Gasteiger partial charge in [0.25, 0.3) is 5.91 Å². The highest BCUT2D eigenvalue weighted by molar-refractivity contribution is 5.94. The fourth-order valence-corrected chi connectivity index (χ4v) is 3.97. The molecule has 1 aliphatic rings. The van der Waals surface area contributed by atoms with Crippen molar-refractivity contribution in [1.82, 2.24) is 4.90 Å². The van der Waals surface area contributed by atoms with E-state index in [-0.39, 0.29) is 23.8 Å². The Morgan fingerprint density at radius 2 is 1.79 bits per heavy atom. The predicted molar refractivity (Wildman–Crippen MR) is 98.9 cm³/mol. The van der Waals surface area contributed by atoms with E-state index in [1.54, 1.807) is 0 Å². The first-order chi connectivity index (χ1) is 11.5. The zero-order valence-corrected chi connectivity index (χ0v) is 15.9. The van der Waals surface area contributed by atoms with Gasteiger partial charge in [-0.3, -0.25) is 4.79 Å². The minimum atomic E-state index is -0.214. The molecule has 134 valence electrons. The highest BCUT2D eigenvalue weighted by Gasteiger charge is 2.52. The number of rotatable bonds is 7. The van der Waals surface area contributed by atoms with E-state index in [9.17, 15) is 4.79 Å². The smallest absolute Gasteiger partial charge is 0.256 e. The van der Waals surface area contributed by atoms with E-state index >= 15 is 0 Å². The number of hydrogen-bond acceptors (Lipinski definition) is 2. The molecule has 0 aromatic heterocycles. The Morgan fingerprint density at radius 3 is 2.29 bits per heavy atom. The Balaban J connectivity index is 2.42. The van der Waals surface area contributed by atoms with Gasteiger partial charge in [-0.2, -0.15) is 0 Å². The lowest BCUT2D eigenvalue weighted by Gasteiger charge is -2.36. The van der Waals surface area contributed by atoms with Crippen LogP contribution in [0.25, 0.3) is 0 Å². The van der Waals surface area contributed by atoms with E-state index in [2.05, 4.69) is 39.5 Å². The molecule has 0 saturated carbocycles. The molecule has 1 amide bonds. The average Bonchev–Trinajstić information content (AvgIpc) is 2.88. The Kier molecular flexibility index (Phi) is 6.45. The molecule has 1 unspecified atom stereocenters. The molecule has 0 N–H and O–H groups in total. The Bertz CT molecular complexity index is 522. The van der Waals surface area contributed by atoms with E-state index in [4.69, 9.17) is 4.74 Å². The van der Waals surface area contributed by atoms with Gasteiger partial charge in [-0.25, -0.2) is 0 Å². The van der Waals surface area contributed by atoms with Crippen molar-refractivity contribution < 1.29 is 9.53 Å². The van der Waals surface area contributed by atoms with E-state index < -0.39 is 0 Å². The summed E-state index contributed by atoms with van der Waals surface area (Å²) in [6, 6.07) is 9.80. The zero-order valence-electron chi connectivity index (χ0n) is 15.9. The van der Waals surface area contributed by atoms with Crippen molar-refractivity contribution >= 4 is 5.91 Å². The highest BCUT2D eigenvalue weighted by Crippen LogP contribution is 2.42. The van der Waals surface area contributed by atoms with Gasteiger partial charge < -0.3 is 9.64 Å². The van der Waals surface area contributed by atoms with Crippen molar-refractivity contribution in [3.8, 4) is 0 Å². The lowest BCUT2D eigenvalue weighted by atomic mass is 9.83. The first kappa shape index (κ1) is 19.0. The van der Waals surface area contributed by atoms with Gasteiger partial charge in [0.05, 0.1) is 11.6 Å². The number of amides is 1. The van der Waals surface area contributed by atoms with Crippen molar-refractivity contribution in [2.45, 2.75) is 84.6 Å². The molecule has 24 heavy (non-hydrogen) atoms. The molecule has 0 aliphatic carbocycles. The van der Waals surface area contributed by atoms with Crippen LogP contribution in [0.3, 0.4) is 0 Å². The maximum absolute atomic E-state index is 13.3. The van der Waals surface area contributed by atoms with Gasteiger partial charge in [0.2, 0.25) is 0 Å². The summed E-state index contributed by atoms with van der Waals surface area (Å²) in [6.45, 7) is 11.0. The third-order valence-corrected chi connectivity index (χ3v) is 5.31. The summed E-state index contributed by atoms with van der Waals surface area (Å²) in [7, 11) is 0. The summed E-state index contributed by atoms with van der Waals surface area (Å²) in [6.07, 6.45) is 4.68. The van der Waals surface area contributed by atoms with Crippen molar-refractivity contribution in [2.75, 3.05) is 0 Å². The summed E-state index contributed by atoms with van der Waals surface area (Å²) in [5.41, 5.74) is 0.549. The van der Waals surface area contributed by atoms with Crippen LogP contribution in [0.15, 0.2) is 30.3 Å². The fraction of sp³-hybridized carbons (Fsp3) is 0.667. The highest BCUT2D eigenvalue weighted by atomic mass is 16.5. The van der Waals surface area contributed by atoms with Crippen molar-refractivity contribution in [3.63, 3.8) is 0 Å². The molecule has 1 aromatic carbocycles. The molecule has 1 fully saturated rings. The molecule has 0 spiro atoms. The SMILES string of the molecule is CCCC1OC(CC)(CC)[C@H](CC(C)C)N1C(=O)c1ccccc1. The van der Waals surface area contributed by atoms with Gasteiger partial charge in [0, 0.05) is 5.56 Å². The molecule has 3 nitrogen and oxygen atoms in total. The standard InChI is InChI=1S/C21H33NO2/c1-6-12-19-22(20(23)17-13-10-9-11-14-17)18(15-16(4)5)21(7-2,8-3)24-19/h9-11,13-14,16,18-19H,6-8,12,15H2,1-5H3/t18-,19?/m0/s1. The number of nitrogens with zero attached hydrogens (tertiary/aromatic N) is 1. The Labute approximate surface area is 147 Å². The van der Waals surface area contributed by atoms with Crippen LogP contribution in [0.5, 0.6) is 0 Å². The van der Waals surface area contributed by atoms with E-state index in [0.29, 0.717) is 5.92 Å². The van der Waals surface area contributed by atoms with Crippen LogP contribution in [0.1, 0.15) is 77.1 Å². The summed E-state index contributed by atoms with van der Waals surface area (Å²) < 4.78 is 6.56. The van der Waals surface area contributed by atoms with Crippen molar-refractivity contribution in [1.29, 1.82) is 0 Å². The van der Waals surface area contributed by atoms with Crippen LogP contribution in [0.2, 0.25) is 0 Å². The lowest BCUT2D eigenvalue weighted by Crippen LogP contribution is -2.48. The molecule has 2 atom stereocenters. The quantitative estimate of drug-likeness (QED) is 0.682.